The van der Waals surface area contributed by atoms with Gasteiger partial charge in [0.05, 0.1) is 5.56 Å². The van der Waals surface area contributed by atoms with E-state index in [1.165, 1.54) is 6.07 Å². The molecule has 0 saturated heterocycles. The first-order valence-electron chi connectivity index (χ1n) is 5.88. The number of nitrogens with one attached hydrogen (secondary N) is 1. The Hall–Kier alpha value is -1.98. The Labute approximate surface area is 109 Å². The molecular weight excluding hydrogens is 255 g/mol. The van der Waals surface area contributed by atoms with Gasteiger partial charge in [0.15, 0.2) is 0 Å². The Bertz CT molecular complexity index is 573. The summed E-state index contributed by atoms with van der Waals surface area (Å²) in [6.07, 6.45) is -0.968. The lowest BCUT2D eigenvalue weighted by molar-refractivity contribution is -0.137. The fourth-order valence-corrected chi connectivity index (χ4v) is 1.74. The average Bonchev–Trinajstić information content (AvgIpc) is 2.77. The molecule has 1 aromatic heterocycles. The molecule has 0 atom stereocenters. The Morgan fingerprint density at radius 2 is 2.05 bits per heavy atom. The van der Waals surface area contributed by atoms with E-state index in [-0.39, 0.29) is 0 Å². The molecular formula is C13H14F3N3. The first-order chi connectivity index (χ1) is 8.91. The molecule has 2 aromatic rings. The highest BCUT2D eigenvalue weighted by molar-refractivity contribution is 5.60. The van der Waals surface area contributed by atoms with E-state index in [1.54, 1.807) is 19.3 Å². The number of benzene rings is 1. The molecule has 2 rings (SSSR count). The third-order valence-electron chi connectivity index (χ3n) is 2.87. The molecule has 0 radical (unpaired) electrons. The predicted octanol–water partition coefficient (Wildman–Crippen LogP) is 3.97. The van der Waals surface area contributed by atoms with Crippen molar-refractivity contribution in [1.82, 2.24) is 9.55 Å². The van der Waals surface area contributed by atoms with E-state index in [2.05, 4.69) is 10.3 Å². The molecule has 0 unspecified atom stereocenters. The first-order valence-corrected chi connectivity index (χ1v) is 5.88. The second-order valence-corrected chi connectivity index (χ2v) is 4.19. The number of nitrogens with zero attached hydrogens (tertiary/aromatic N) is 2. The molecule has 3 nitrogen and oxygen atoms in total. The van der Waals surface area contributed by atoms with Crippen LogP contribution in [0.3, 0.4) is 0 Å². The highest BCUT2D eigenvalue weighted by atomic mass is 19.4. The summed E-state index contributed by atoms with van der Waals surface area (Å²) < 4.78 is 39.8. The van der Waals surface area contributed by atoms with E-state index in [9.17, 15) is 13.2 Å². The van der Waals surface area contributed by atoms with Gasteiger partial charge in [-0.15, -0.1) is 0 Å². The lowest BCUT2D eigenvalue weighted by Gasteiger charge is -2.13. The highest BCUT2D eigenvalue weighted by Crippen LogP contribution is 2.32. The minimum absolute atomic E-state index is 0.413. The number of hydrogen-bond donors (Lipinski definition) is 1. The summed E-state index contributed by atoms with van der Waals surface area (Å²) in [7, 11) is 0. The van der Waals surface area contributed by atoms with Crippen molar-refractivity contribution in [1.29, 1.82) is 0 Å². The van der Waals surface area contributed by atoms with Crippen LogP contribution in [0.25, 0.3) is 0 Å². The number of rotatable bonds is 3. The minimum atomic E-state index is -4.34. The number of alkyl halides is 3. The van der Waals surface area contributed by atoms with E-state index >= 15 is 0 Å². The smallest absolute Gasteiger partial charge is 0.325 e. The van der Waals surface area contributed by atoms with Gasteiger partial charge in [0, 0.05) is 24.6 Å². The summed E-state index contributed by atoms with van der Waals surface area (Å²) >= 11 is 0. The van der Waals surface area contributed by atoms with Gasteiger partial charge in [-0.05, 0) is 31.5 Å². The van der Waals surface area contributed by atoms with Crippen molar-refractivity contribution in [3.05, 3.63) is 41.7 Å². The SMILES string of the molecule is CCn1ccnc1Nc1cc(C(F)(F)F)ccc1C. The molecule has 0 aliphatic carbocycles. The lowest BCUT2D eigenvalue weighted by Crippen LogP contribution is -2.07. The van der Waals surface area contributed by atoms with Gasteiger partial charge in [0.25, 0.3) is 0 Å². The second kappa shape index (κ2) is 4.95. The Balaban J connectivity index is 2.34. The van der Waals surface area contributed by atoms with Crippen LogP contribution in [-0.2, 0) is 12.7 Å². The Morgan fingerprint density at radius 3 is 2.68 bits per heavy atom. The molecule has 0 amide bonds. The summed E-state index contributed by atoms with van der Waals surface area (Å²) in [6.45, 7) is 4.38. The van der Waals surface area contributed by atoms with Crippen molar-refractivity contribution in [2.75, 3.05) is 5.32 Å². The Morgan fingerprint density at radius 1 is 1.32 bits per heavy atom. The first kappa shape index (κ1) is 13.5. The van der Waals surface area contributed by atoms with Crippen LogP contribution in [0.4, 0.5) is 24.8 Å². The normalized spacial score (nSPS) is 11.6. The van der Waals surface area contributed by atoms with E-state index in [0.717, 1.165) is 17.7 Å². The van der Waals surface area contributed by atoms with Crippen molar-refractivity contribution in [2.45, 2.75) is 26.6 Å². The quantitative estimate of drug-likeness (QED) is 0.913. The van der Waals surface area contributed by atoms with Gasteiger partial charge in [0.1, 0.15) is 0 Å². The molecule has 102 valence electrons. The average molecular weight is 269 g/mol. The molecule has 0 aliphatic rings. The second-order valence-electron chi connectivity index (χ2n) is 4.19. The third kappa shape index (κ3) is 2.89. The molecule has 0 aliphatic heterocycles. The van der Waals surface area contributed by atoms with E-state index in [4.69, 9.17) is 0 Å². The van der Waals surface area contributed by atoms with Gasteiger partial charge in [-0.2, -0.15) is 13.2 Å². The van der Waals surface area contributed by atoms with E-state index < -0.39 is 11.7 Å². The van der Waals surface area contributed by atoms with E-state index in [1.807, 2.05) is 11.5 Å². The Kier molecular flexibility index (Phi) is 3.50. The fourth-order valence-electron chi connectivity index (χ4n) is 1.74. The number of anilines is 2. The molecule has 0 bridgehead atoms. The number of halogens is 3. The summed E-state index contributed by atoms with van der Waals surface area (Å²) in [5.74, 6) is 0.532. The van der Waals surface area contributed by atoms with Crippen LogP contribution in [0.1, 0.15) is 18.1 Å². The van der Waals surface area contributed by atoms with Crippen LogP contribution in [0.15, 0.2) is 30.6 Å². The molecule has 0 saturated carbocycles. The molecule has 19 heavy (non-hydrogen) atoms. The van der Waals surface area contributed by atoms with Crippen LogP contribution in [0, 0.1) is 6.92 Å². The highest BCUT2D eigenvalue weighted by Gasteiger charge is 2.30. The van der Waals surface area contributed by atoms with Crippen molar-refractivity contribution >= 4 is 11.6 Å². The number of hydrogen-bond acceptors (Lipinski definition) is 2. The van der Waals surface area contributed by atoms with Gasteiger partial charge < -0.3 is 9.88 Å². The van der Waals surface area contributed by atoms with Crippen molar-refractivity contribution in [3.63, 3.8) is 0 Å². The lowest BCUT2D eigenvalue weighted by atomic mass is 10.1. The molecule has 0 fully saturated rings. The predicted molar refractivity (Wildman–Crippen MR) is 67.4 cm³/mol. The maximum Gasteiger partial charge on any atom is 0.416 e. The van der Waals surface area contributed by atoms with Gasteiger partial charge in [-0.1, -0.05) is 6.07 Å². The van der Waals surface area contributed by atoms with Gasteiger partial charge >= 0.3 is 6.18 Å². The minimum Gasteiger partial charge on any atom is -0.325 e. The van der Waals surface area contributed by atoms with Crippen LogP contribution >= 0.6 is 0 Å². The zero-order valence-electron chi connectivity index (χ0n) is 10.6. The maximum atomic E-state index is 12.7. The largest absolute Gasteiger partial charge is 0.416 e. The summed E-state index contributed by atoms with van der Waals surface area (Å²) in [4.78, 5) is 4.09. The van der Waals surface area contributed by atoms with Gasteiger partial charge in [-0.3, -0.25) is 0 Å². The summed E-state index contributed by atoms with van der Waals surface area (Å²) in [6, 6.07) is 3.63. The third-order valence-corrected chi connectivity index (χ3v) is 2.87. The standard InChI is InChI=1S/C13H14F3N3/c1-3-19-7-6-17-12(19)18-11-8-10(13(14,15)16)5-4-9(11)2/h4-8H,3H2,1-2H3,(H,17,18). The number of imidazole rings is 1. The zero-order valence-corrected chi connectivity index (χ0v) is 10.6. The molecule has 0 spiro atoms. The fraction of sp³-hybridized carbons (Fsp3) is 0.308. The number of aromatic nitrogens is 2. The molecule has 1 N–H and O–H groups in total. The molecule has 1 heterocycles. The van der Waals surface area contributed by atoms with Crippen LogP contribution in [0.5, 0.6) is 0 Å². The van der Waals surface area contributed by atoms with Crippen molar-refractivity contribution in [2.24, 2.45) is 0 Å². The van der Waals surface area contributed by atoms with Gasteiger partial charge in [-0.25, -0.2) is 4.98 Å². The molecule has 6 heteroatoms. The van der Waals surface area contributed by atoms with E-state index in [0.29, 0.717) is 18.2 Å². The van der Waals surface area contributed by atoms with Crippen molar-refractivity contribution < 1.29 is 13.2 Å². The summed E-state index contributed by atoms with van der Waals surface area (Å²) in [5.41, 5.74) is 0.476. The zero-order chi connectivity index (χ0) is 14.0. The van der Waals surface area contributed by atoms with Crippen molar-refractivity contribution in [3.8, 4) is 0 Å². The maximum absolute atomic E-state index is 12.7. The van der Waals surface area contributed by atoms with Crippen LogP contribution < -0.4 is 5.32 Å². The number of aryl methyl sites for hydroxylation is 2. The van der Waals surface area contributed by atoms with Crippen LogP contribution in [-0.4, -0.2) is 9.55 Å². The molecule has 1 aromatic carbocycles. The van der Waals surface area contributed by atoms with Gasteiger partial charge in [0.2, 0.25) is 5.95 Å². The van der Waals surface area contributed by atoms with Crippen LogP contribution in [0.2, 0.25) is 0 Å². The topological polar surface area (TPSA) is 29.9 Å². The monoisotopic (exact) mass is 269 g/mol. The summed E-state index contributed by atoms with van der Waals surface area (Å²) in [5, 5.41) is 2.94.